The van der Waals surface area contributed by atoms with Crippen molar-refractivity contribution in [3.8, 4) is 0 Å². The molecule has 0 radical (unpaired) electrons. The molecule has 0 bridgehead atoms. The second kappa shape index (κ2) is 7.06. The second-order valence-corrected chi connectivity index (χ2v) is 5.41. The average Bonchev–Trinajstić information content (AvgIpc) is 2.45. The average molecular weight is 360 g/mol. The molecule has 0 atom stereocenters. The molecule has 0 spiro atoms. The highest BCUT2D eigenvalue weighted by Crippen LogP contribution is 2.30. The molecule has 0 saturated carbocycles. The third kappa shape index (κ3) is 5.01. The van der Waals surface area contributed by atoms with Gasteiger partial charge in [0, 0.05) is 21.8 Å². The van der Waals surface area contributed by atoms with Crippen molar-refractivity contribution in [3.05, 3.63) is 69.7 Å². The Labute approximate surface area is 140 Å². The monoisotopic (exact) mass is 359 g/mol. The lowest BCUT2D eigenvalue weighted by molar-refractivity contribution is -0.137. The van der Waals surface area contributed by atoms with Crippen LogP contribution in [0.5, 0.6) is 0 Å². The van der Waals surface area contributed by atoms with Gasteiger partial charge in [-0.15, -0.1) is 0 Å². The maximum atomic E-state index is 12.6. The summed E-state index contributed by atoms with van der Waals surface area (Å²) < 4.78 is 37.8. The number of hydrogen-bond donors (Lipinski definition) is 1. The molecule has 120 valence electrons. The highest BCUT2D eigenvalue weighted by atomic mass is 35.5. The number of nitrogens with one attached hydrogen (secondary N) is 1. The Hall–Kier alpha value is -1.98. The van der Waals surface area contributed by atoms with E-state index in [1.807, 2.05) is 0 Å². The van der Waals surface area contributed by atoms with Crippen molar-refractivity contribution in [1.82, 2.24) is 0 Å². The molecule has 0 aliphatic carbocycles. The summed E-state index contributed by atoms with van der Waals surface area (Å²) in [5, 5.41) is 3.18. The minimum atomic E-state index is -4.46. The SMILES string of the molecule is O=C(/C=C/c1ccc(Cl)cc1Cl)Nc1cccc(C(F)(F)F)c1. The first-order chi connectivity index (χ1) is 10.8. The van der Waals surface area contributed by atoms with Gasteiger partial charge < -0.3 is 5.32 Å². The zero-order valence-corrected chi connectivity index (χ0v) is 13.0. The van der Waals surface area contributed by atoms with E-state index < -0.39 is 17.6 Å². The van der Waals surface area contributed by atoms with Crippen LogP contribution in [0.25, 0.3) is 6.08 Å². The highest BCUT2D eigenvalue weighted by Gasteiger charge is 2.30. The van der Waals surface area contributed by atoms with Crippen LogP contribution in [0.1, 0.15) is 11.1 Å². The Bertz CT molecular complexity index is 757. The summed E-state index contributed by atoms with van der Waals surface area (Å²) in [4.78, 5) is 11.8. The highest BCUT2D eigenvalue weighted by molar-refractivity contribution is 6.35. The lowest BCUT2D eigenvalue weighted by Crippen LogP contribution is -2.10. The largest absolute Gasteiger partial charge is 0.416 e. The van der Waals surface area contributed by atoms with Gasteiger partial charge in [0.15, 0.2) is 0 Å². The quantitative estimate of drug-likeness (QED) is 0.703. The molecule has 23 heavy (non-hydrogen) atoms. The van der Waals surface area contributed by atoms with Crippen LogP contribution in [0.4, 0.5) is 18.9 Å². The summed E-state index contributed by atoms with van der Waals surface area (Å²) in [5.41, 5.74) is -0.216. The number of halogens is 5. The van der Waals surface area contributed by atoms with Gasteiger partial charge in [0.1, 0.15) is 0 Å². The number of hydrogen-bond acceptors (Lipinski definition) is 1. The van der Waals surface area contributed by atoms with Crippen molar-refractivity contribution < 1.29 is 18.0 Å². The van der Waals surface area contributed by atoms with Gasteiger partial charge in [0.2, 0.25) is 5.91 Å². The zero-order chi connectivity index (χ0) is 17.0. The summed E-state index contributed by atoms with van der Waals surface area (Å²) in [7, 11) is 0. The van der Waals surface area contributed by atoms with Gasteiger partial charge >= 0.3 is 6.18 Å². The number of carbonyl (C=O) groups is 1. The summed E-state index contributed by atoms with van der Waals surface area (Å²) in [6.45, 7) is 0. The van der Waals surface area contributed by atoms with E-state index in [-0.39, 0.29) is 5.69 Å². The topological polar surface area (TPSA) is 29.1 Å². The fourth-order valence-electron chi connectivity index (χ4n) is 1.76. The van der Waals surface area contributed by atoms with Crippen molar-refractivity contribution in [2.45, 2.75) is 6.18 Å². The first kappa shape index (κ1) is 17.4. The molecule has 0 fully saturated rings. The molecular formula is C16H10Cl2F3NO. The fraction of sp³-hybridized carbons (Fsp3) is 0.0625. The van der Waals surface area contributed by atoms with Gasteiger partial charge in [0.05, 0.1) is 5.56 Å². The predicted molar refractivity (Wildman–Crippen MR) is 85.6 cm³/mol. The van der Waals surface area contributed by atoms with Crippen molar-refractivity contribution in [3.63, 3.8) is 0 Å². The standard InChI is InChI=1S/C16H10Cl2F3NO/c17-12-6-4-10(14(18)9-12)5-7-15(23)22-13-3-1-2-11(8-13)16(19,20)21/h1-9H,(H,22,23)/b7-5+. The van der Waals surface area contributed by atoms with E-state index in [0.717, 1.165) is 12.1 Å². The smallest absolute Gasteiger partial charge is 0.322 e. The molecule has 1 amide bonds. The Balaban J connectivity index is 2.09. The number of carbonyl (C=O) groups excluding carboxylic acids is 1. The third-order valence-corrected chi connectivity index (χ3v) is 3.40. The predicted octanol–water partition coefficient (Wildman–Crippen LogP) is 5.66. The van der Waals surface area contributed by atoms with Crippen LogP contribution in [-0.4, -0.2) is 5.91 Å². The van der Waals surface area contributed by atoms with E-state index in [1.165, 1.54) is 30.4 Å². The second-order valence-electron chi connectivity index (χ2n) is 4.57. The summed E-state index contributed by atoms with van der Waals surface area (Å²) >= 11 is 11.7. The molecule has 0 unspecified atom stereocenters. The number of alkyl halides is 3. The van der Waals surface area contributed by atoms with Gasteiger partial charge in [-0.2, -0.15) is 13.2 Å². The summed E-state index contributed by atoms with van der Waals surface area (Å²) in [5.74, 6) is -0.574. The normalized spacial score (nSPS) is 11.7. The molecule has 2 rings (SSSR count). The van der Waals surface area contributed by atoms with Gasteiger partial charge in [-0.05, 0) is 42.0 Å². The number of rotatable bonds is 3. The lowest BCUT2D eigenvalue weighted by atomic mass is 10.2. The molecule has 0 aliphatic heterocycles. The van der Waals surface area contributed by atoms with Crippen molar-refractivity contribution in [2.24, 2.45) is 0 Å². The van der Waals surface area contributed by atoms with Crippen LogP contribution in [0, 0.1) is 0 Å². The molecule has 2 aromatic carbocycles. The molecule has 1 N–H and O–H groups in total. The van der Waals surface area contributed by atoms with Crippen molar-refractivity contribution in [1.29, 1.82) is 0 Å². The Kier molecular flexibility index (Phi) is 5.34. The lowest BCUT2D eigenvalue weighted by Gasteiger charge is -2.08. The van der Waals surface area contributed by atoms with Gasteiger partial charge in [-0.25, -0.2) is 0 Å². The molecule has 0 saturated heterocycles. The molecule has 2 aromatic rings. The Morgan fingerprint density at radius 2 is 1.83 bits per heavy atom. The molecule has 2 nitrogen and oxygen atoms in total. The number of benzene rings is 2. The Morgan fingerprint density at radius 1 is 1.09 bits per heavy atom. The zero-order valence-electron chi connectivity index (χ0n) is 11.5. The third-order valence-electron chi connectivity index (χ3n) is 2.83. The minimum Gasteiger partial charge on any atom is -0.322 e. The fourth-order valence-corrected chi connectivity index (χ4v) is 2.23. The van der Waals surface area contributed by atoms with Gasteiger partial charge in [-0.1, -0.05) is 35.3 Å². The van der Waals surface area contributed by atoms with E-state index >= 15 is 0 Å². The van der Waals surface area contributed by atoms with Crippen LogP contribution in [-0.2, 0) is 11.0 Å². The Morgan fingerprint density at radius 3 is 2.48 bits per heavy atom. The van der Waals surface area contributed by atoms with Crippen LogP contribution >= 0.6 is 23.2 Å². The number of amides is 1. The summed E-state index contributed by atoms with van der Waals surface area (Å²) in [6, 6.07) is 9.14. The van der Waals surface area contributed by atoms with Crippen LogP contribution < -0.4 is 5.32 Å². The first-order valence-electron chi connectivity index (χ1n) is 6.37. The molecular weight excluding hydrogens is 350 g/mol. The van der Waals surface area contributed by atoms with E-state index in [2.05, 4.69) is 5.32 Å². The van der Waals surface area contributed by atoms with Crippen molar-refractivity contribution in [2.75, 3.05) is 5.32 Å². The van der Waals surface area contributed by atoms with Gasteiger partial charge in [-0.3, -0.25) is 4.79 Å². The maximum absolute atomic E-state index is 12.6. The van der Waals surface area contributed by atoms with E-state index in [9.17, 15) is 18.0 Å². The molecule has 0 aromatic heterocycles. The first-order valence-corrected chi connectivity index (χ1v) is 7.13. The maximum Gasteiger partial charge on any atom is 0.416 e. The molecule has 7 heteroatoms. The molecule has 0 heterocycles. The van der Waals surface area contributed by atoms with Crippen LogP contribution in [0.3, 0.4) is 0 Å². The number of anilines is 1. The van der Waals surface area contributed by atoms with E-state index in [1.54, 1.807) is 12.1 Å². The van der Waals surface area contributed by atoms with Gasteiger partial charge in [0.25, 0.3) is 0 Å². The molecule has 0 aliphatic rings. The summed E-state index contributed by atoms with van der Waals surface area (Å²) in [6.07, 6.45) is -1.84. The van der Waals surface area contributed by atoms with Crippen LogP contribution in [0.2, 0.25) is 10.0 Å². The van der Waals surface area contributed by atoms with E-state index in [0.29, 0.717) is 15.6 Å². The van der Waals surface area contributed by atoms with Crippen molar-refractivity contribution >= 4 is 40.9 Å². The minimum absolute atomic E-state index is 0.0525. The van der Waals surface area contributed by atoms with E-state index in [4.69, 9.17) is 23.2 Å². The van der Waals surface area contributed by atoms with Crippen LogP contribution in [0.15, 0.2) is 48.5 Å².